The average molecular weight is 460 g/mol. The first kappa shape index (κ1) is 27.0. The largest absolute Gasteiger partial charge is 0.398 e. The van der Waals surface area contributed by atoms with Crippen molar-refractivity contribution in [1.29, 1.82) is 0 Å². The van der Waals surface area contributed by atoms with Crippen molar-refractivity contribution in [2.75, 3.05) is 5.73 Å². The van der Waals surface area contributed by atoms with Gasteiger partial charge in [0.05, 0.1) is 5.70 Å². The molecule has 0 bridgehead atoms. The van der Waals surface area contributed by atoms with Gasteiger partial charge in [0, 0.05) is 11.9 Å². The molecule has 180 valence electrons. The Morgan fingerprint density at radius 1 is 0.882 bits per heavy atom. The van der Waals surface area contributed by atoms with Gasteiger partial charge in [0.1, 0.15) is 11.4 Å². The van der Waals surface area contributed by atoms with Crippen molar-refractivity contribution in [1.82, 2.24) is 0 Å². The van der Waals surface area contributed by atoms with E-state index >= 15 is 0 Å². The summed E-state index contributed by atoms with van der Waals surface area (Å²) in [4.78, 5) is 4.32. The van der Waals surface area contributed by atoms with Crippen LogP contribution in [0.4, 0.5) is 10.1 Å². The number of aryl methyl sites for hydroxylation is 6. The molecule has 3 aromatic rings. The van der Waals surface area contributed by atoms with Crippen molar-refractivity contribution in [3.63, 3.8) is 0 Å². The summed E-state index contributed by atoms with van der Waals surface area (Å²) >= 11 is 0. The fourth-order valence-electron chi connectivity index (χ4n) is 3.90. The molecule has 34 heavy (non-hydrogen) atoms. The van der Waals surface area contributed by atoms with E-state index in [-0.39, 0.29) is 5.82 Å². The standard InChI is InChI=1S/C20H23FN2.C10H15N/c1-6-23-16(5)20(22,17-8-7-13(2)14(3)11-17)18-9-10-19(21)15(4)12-18;1-4-9-5-7(2)10(11)8(3)6-9/h6-12H,5,22H2,1-4H3;5-6H,4,11H2,1-3H3. The van der Waals surface area contributed by atoms with Crippen LogP contribution in [0.2, 0.25) is 0 Å². The van der Waals surface area contributed by atoms with Crippen molar-refractivity contribution in [3.05, 3.63) is 111 Å². The molecule has 0 aliphatic heterocycles. The SMILES string of the molecule is C=C(N=CC)C(N)(c1ccc(C)c(C)c1)c1ccc(F)c(C)c1.CCc1cc(C)c(N)c(C)c1. The molecule has 3 aromatic carbocycles. The van der Waals surface area contributed by atoms with Crippen molar-refractivity contribution in [2.24, 2.45) is 10.7 Å². The Kier molecular flexibility index (Phi) is 8.94. The molecule has 1 atom stereocenters. The van der Waals surface area contributed by atoms with Crippen LogP contribution in [0.15, 0.2) is 65.8 Å². The quantitative estimate of drug-likeness (QED) is 0.318. The summed E-state index contributed by atoms with van der Waals surface area (Å²) in [5, 5.41) is 0. The number of nitrogens with two attached hydrogens (primary N) is 2. The first-order chi connectivity index (χ1) is 15.9. The number of halogens is 1. The van der Waals surface area contributed by atoms with Crippen LogP contribution in [-0.2, 0) is 12.0 Å². The third-order valence-corrected chi connectivity index (χ3v) is 6.38. The number of nitrogen functional groups attached to an aromatic ring is 1. The lowest BCUT2D eigenvalue weighted by Gasteiger charge is -2.31. The predicted molar refractivity (Wildman–Crippen MR) is 145 cm³/mol. The zero-order chi connectivity index (χ0) is 25.6. The van der Waals surface area contributed by atoms with Crippen LogP contribution < -0.4 is 11.5 Å². The Morgan fingerprint density at radius 2 is 1.41 bits per heavy atom. The van der Waals surface area contributed by atoms with Gasteiger partial charge in [-0.2, -0.15) is 0 Å². The molecule has 0 radical (unpaired) electrons. The maximum absolute atomic E-state index is 13.7. The van der Waals surface area contributed by atoms with E-state index in [9.17, 15) is 4.39 Å². The summed E-state index contributed by atoms with van der Waals surface area (Å²) in [7, 11) is 0. The minimum Gasteiger partial charge on any atom is -0.398 e. The second-order valence-electron chi connectivity index (χ2n) is 8.90. The van der Waals surface area contributed by atoms with Crippen LogP contribution >= 0.6 is 0 Å². The van der Waals surface area contributed by atoms with Crippen molar-refractivity contribution < 1.29 is 4.39 Å². The molecule has 0 saturated heterocycles. The van der Waals surface area contributed by atoms with E-state index in [1.165, 1.54) is 28.3 Å². The Labute approximate surface area is 204 Å². The molecule has 0 aliphatic carbocycles. The lowest BCUT2D eigenvalue weighted by atomic mass is 9.80. The minimum absolute atomic E-state index is 0.249. The fourth-order valence-corrected chi connectivity index (χ4v) is 3.90. The third kappa shape index (κ3) is 5.81. The van der Waals surface area contributed by atoms with Crippen LogP contribution in [0.1, 0.15) is 58.4 Å². The number of rotatable bonds is 5. The monoisotopic (exact) mass is 459 g/mol. The van der Waals surface area contributed by atoms with E-state index in [4.69, 9.17) is 11.5 Å². The highest BCUT2D eigenvalue weighted by atomic mass is 19.1. The molecular formula is C30H38FN3. The molecule has 0 saturated carbocycles. The Bertz CT molecular complexity index is 1130. The fraction of sp³-hybridized carbons (Fsp3) is 0.300. The first-order valence-electron chi connectivity index (χ1n) is 11.6. The van der Waals surface area contributed by atoms with Crippen LogP contribution in [0, 0.1) is 40.4 Å². The van der Waals surface area contributed by atoms with Gasteiger partial charge in [0.2, 0.25) is 0 Å². The zero-order valence-electron chi connectivity index (χ0n) is 21.6. The summed E-state index contributed by atoms with van der Waals surface area (Å²) in [6.07, 6.45) is 2.75. The summed E-state index contributed by atoms with van der Waals surface area (Å²) in [5.41, 5.74) is 21.3. The topological polar surface area (TPSA) is 64.4 Å². The van der Waals surface area contributed by atoms with Gasteiger partial charge in [-0.05, 0) is 98.5 Å². The maximum atomic E-state index is 13.7. The van der Waals surface area contributed by atoms with Crippen LogP contribution in [0.3, 0.4) is 0 Å². The molecule has 4 heteroatoms. The van der Waals surface area contributed by atoms with E-state index in [1.54, 1.807) is 25.3 Å². The summed E-state index contributed by atoms with van der Waals surface area (Å²) < 4.78 is 13.7. The lowest BCUT2D eigenvalue weighted by Crippen LogP contribution is -2.39. The second-order valence-corrected chi connectivity index (χ2v) is 8.90. The Hall–Kier alpha value is -3.24. The predicted octanol–water partition coefficient (Wildman–Crippen LogP) is 7.01. The van der Waals surface area contributed by atoms with Crippen LogP contribution in [0.25, 0.3) is 0 Å². The summed E-state index contributed by atoms with van der Waals surface area (Å²) in [6.45, 7) is 18.0. The molecule has 0 spiro atoms. The molecule has 0 amide bonds. The maximum Gasteiger partial charge on any atom is 0.126 e. The molecule has 3 rings (SSSR count). The third-order valence-electron chi connectivity index (χ3n) is 6.38. The molecule has 4 N–H and O–H groups in total. The van der Waals surface area contributed by atoms with Gasteiger partial charge in [-0.1, -0.05) is 56.0 Å². The molecule has 0 heterocycles. The van der Waals surface area contributed by atoms with Gasteiger partial charge < -0.3 is 11.5 Å². The average Bonchev–Trinajstić information content (AvgIpc) is 2.80. The van der Waals surface area contributed by atoms with Crippen molar-refractivity contribution >= 4 is 11.9 Å². The number of anilines is 1. The van der Waals surface area contributed by atoms with E-state index in [0.717, 1.165) is 28.8 Å². The van der Waals surface area contributed by atoms with Gasteiger partial charge in [-0.15, -0.1) is 0 Å². The highest BCUT2D eigenvalue weighted by Gasteiger charge is 2.33. The molecule has 3 nitrogen and oxygen atoms in total. The molecule has 0 aliphatic rings. The van der Waals surface area contributed by atoms with Crippen molar-refractivity contribution in [3.8, 4) is 0 Å². The van der Waals surface area contributed by atoms with E-state index in [0.29, 0.717) is 11.3 Å². The number of benzene rings is 3. The molecular weight excluding hydrogens is 421 g/mol. The summed E-state index contributed by atoms with van der Waals surface area (Å²) in [5.74, 6) is -0.249. The number of nitrogens with zero attached hydrogens (tertiary/aromatic N) is 1. The van der Waals surface area contributed by atoms with Crippen LogP contribution in [-0.4, -0.2) is 6.21 Å². The number of hydrogen-bond acceptors (Lipinski definition) is 3. The molecule has 1 unspecified atom stereocenters. The summed E-state index contributed by atoms with van der Waals surface area (Å²) in [6, 6.07) is 15.3. The highest BCUT2D eigenvalue weighted by Crippen LogP contribution is 2.35. The Morgan fingerprint density at radius 3 is 1.88 bits per heavy atom. The van der Waals surface area contributed by atoms with Gasteiger partial charge in [0.25, 0.3) is 0 Å². The molecule has 0 aromatic heterocycles. The van der Waals surface area contributed by atoms with Gasteiger partial charge in [0.15, 0.2) is 0 Å². The second kappa shape index (κ2) is 11.3. The smallest absolute Gasteiger partial charge is 0.126 e. The Balaban J connectivity index is 0.000000310. The van der Waals surface area contributed by atoms with E-state index < -0.39 is 5.54 Å². The van der Waals surface area contributed by atoms with Gasteiger partial charge in [-0.25, -0.2) is 4.39 Å². The normalized spacial score (nSPS) is 12.7. The minimum atomic E-state index is -0.997. The lowest BCUT2D eigenvalue weighted by molar-refractivity contribution is 0.603. The first-order valence-corrected chi connectivity index (χ1v) is 11.6. The van der Waals surface area contributed by atoms with E-state index in [2.05, 4.69) is 51.4 Å². The van der Waals surface area contributed by atoms with Crippen molar-refractivity contribution in [2.45, 2.75) is 60.4 Å². The highest BCUT2D eigenvalue weighted by molar-refractivity contribution is 5.58. The van der Waals surface area contributed by atoms with Gasteiger partial charge >= 0.3 is 0 Å². The molecule has 0 fully saturated rings. The van der Waals surface area contributed by atoms with Gasteiger partial charge in [-0.3, -0.25) is 4.99 Å². The van der Waals surface area contributed by atoms with E-state index in [1.807, 2.05) is 32.0 Å². The zero-order valence-corrected chi connectivity index (χ0v) is 21.6. The van der Waals surface area contributed by atoms with Crippen LogP contribution in [0.5, 0.6) is 0 Å². The number of hydrogen-bond donors (Lipinski definition) is 2. The number of aliphatic imine (C=N–C) groups is 1.